The third kappa shape index (κ3) is 6.20. The number of barbiturate groups is 1. The summed E-state index contributed by atoms with van der Waals surface area (Å²) in [6.07, 6.45) is 4.66. The molecule has 0 bridgehead atoms. The molecule has 1 heterocycles. The lowest BCUT2D eigenvalue weighted by atomic mass is 10.1. The monoisotopic (exact) mass is 454 g/mol. The molecule has 0 radical (unpaired) electrons. The number of imide groups is 2. The van der Waals surface area contributed by atoms with E-state index in [9.17, 15) is 14.4 Å². The van der Waals surface area contributed by atoms with E-state index in [0.717, 1.165) is 22.4 Å². The van der Waals surface area contributed by atoms with Crippen molar-refractivity contribution >= 4 is 23.9 Å². The second-order valence-corrected chi connectivity index (χ2v) is 7.45. The molecule has 7 nitrogen and oxygen atoms in total. The minimum absolute atomic E-state index is 0.132. The summed E-state index contributed by atoms with van der Waals surface area (Å²) >= 11 is 0. The minimum atomic E-state index is -0.820. The van der Waals surface area contributed by atoms with Gasteiger partial charge in [-0.2, -0.15) is 0 Å². The maximum atomic E-state index is 11.7. The lowest BCUT2D eigenvalue weighted by Crippen LogP contribution is -2.51. The van der Waals surface area contributed by atoms with Crippen LogP contribution in [0.5, 0.6) is 11.5 Å². The van der Waals surface area contributed by atoms with Crippen molar-refractivity contribution in [2.75, 3.05) is 0 Å². The zero-order valence-corrected chi connectivity index (χ0v) is 18.2. The van der Waals surface area contributed by atoms with E-state index in [4.69, 9.17) is 9.47 Å². The Morgan fingerprint density at radius 3 is 1.76 bits per heavy atom. The van der Waals surface area contributed by atoms with E-state index in [-0.39, 0.29) is 5.57 Å². The Bertz CT molecular complexity index is 1210. The molecule has 1 saturated heterocycles. The summed E-state index contributed by atoms with van der Waals surface area (Å²) in [6, 6.07) is 24.4. The highest BCUT2D eigenvalue weighted by Crippen LogP contribution is 2.18. The molecule has 2 N–H and O–H groups in total. The van der Waals surface area contributed by atoms with E-state index in [2.05, 4.69) is 0 Å². The predicted molar refractivity (Wildman–Crippen MR) is 127 cm³/mol. The standard InChI is InChI=1S/C27H22N2O5/c30-25-24(26(31)29-27(32)28-25)8-4-7-19-9-13-22(14-10-19)34-18-21-11-15-23(16-12-21)33-17-20-5-2-1-3-6-20/h1-16H,17-18H2,(H2,28,29,30,31,32)/b7-4+. The van der Waals surface area contributed by atoms with Crippen LogP contribution in [0.3, 0.4) is 0 Å². The highest BCUT2D eigenvalue weighted by Gasteiger charge is 2.26. The number of hydrogen-bond donors (Lipinski definition) is 2. The average molecular weight is 454 g/mol. The zero-order chi connectivity index (χ0) is 23.8. The minimum Gasteiger partial charge on any atom is -0.489 e. The van der Waals surface area contributed by atoms with Crippen LogP contribution in [0.2, 0.25) is 0 Å². The number of allylic oxidation sites excluding steroid dienone is 2. The Hall–Kier alpha value is -4.65. The molecule has 4 rings (SSSR count). The van der Waals surface area contributed by atoms with Gasteiger partial charge in [-0.25, -0.2) is 4.79 Å². The number of amides is 4. The molecule has 1 fully saturated rings. The first kappa shape index (κ1) is 22.5. The Kier molecular flexibility index (Phi) is 7.15. The van der Waals surface area contributed by atoms with E-state index in [1.165, 1.54) is 6.08 Å². The third-order valence-electron chi connectivity index (χ3n) is 4.95. The van der Waals surface area contributed by atoms with Gasteiger partial charge >= 0.3 is 6.03 Å². The van der Waals surface area contributed by atoms with E-state index < -0.39 is 17.8 Å². The number of urea groups is 1. The molecule has 170 valence electrons. The fraction of sp³-hybridized carbons (Fsp3) is 0.0741. The topological polar surface area (TPSA) is 93.7 Å². The predicted octanol–water partition coefficient (Wildman–Crippen LogP) is 4.15. The van der Waals surface area contributed by atoms with Crippen molar-refractivity contribution in [1.29, 1.82) is 0 Å². The zero-order valence-electron chi connectivity index (χ0n) is 18.2. The molecule has 0 atom stereocenters. The van der Waals surface area contributed by atoms with E-state index in [1.54, 1.807) is 12.2 Å². The Labute approximate surface area is 196 Å². The van der Waals surface area contributed by atoms with Crippen LogP contribution in [0, 0.1) is 0 Å². The molecule has 7 heteroatoms. The van der Waals surface area contributed by atoms with Gasteiger partial charge in [-0.15, -0.1) is 0 Å². The van der Waals surface area contributed by atoms with Gasteiger partial charge in [-0.1, -0.05) is 66.7 Å². The van der Waals surface area contributed by atoms with E-state index in [0.29, 0.717) is 19.0 Å². The number of carbonyl (C=O) groups is 3. The SMILES string of the molecule is O=C1NC(=O)C(=C/C=C/c2ccc(OCc3ccc(OCc4ccccc4)cc3)cc2)C(=O)N1. The molecule has 0 saturated carbocycles. The van der Waals surface area contributed by atoms with E-state index in [1.807, 2.05) is 89.5 Å². The van der Waals surface area contributed by atoms with Crippen molar-refractivity contribution in [3.8, 4) is 11.5 Å². The summed E-state index contributed by atoms with van der Waals surface area (Å²) < 4.78 is 11.6. The first-order valence-corrected chi connectivity index (χ1v) is 10.6. The van der Waals surface area contributed by atoms with Gasteiger partial charge in [-0.05, 0) is 47.0 Å². The highest BCUT2D eigenvalue weighted by atomic mass is 16.5. The van der Waals surface area contributed by atoms with Gasteiger partial charge in [0.1, 0.15) is 30.3 Å². The van der Waals surface area contributed by atoms with Gasteiger partial charge in [0.25, 0.3) is 11.8 Å². The second-order valence-electron chi connectivity index (χ2n) is 7.45. The first-order valence-electron chi connectivity index (χ1n) is 10.6. The maximum absolute atomic E-state index is 11.7. The fourth-order valence-electron chi connectivity index (χ4n) is 3.15. The molecule has 34 heavy (non-hydrogen) atoms. The van der Waals surface area contributed by atoms with Gasteiger partial charge < -0.3 is 9.47 Å². The molecular weight excluding hydrogens is 432 g/mol. The molecule has 0 aliphatic carbocycles. The van der Waals surface area contributed by atoms with Crippen LogP contribution >= 0.6 is 0 Å². The summed E-state index contributed by atoms with van der Waals surface area (Å²) in [5.74, 6) is 0.0637. The van der Waals surface area contributed by atoms with Crippen molar-refractivity contribution < 1.29 is 23.9 Å². The number of rotatable bonds is 8. The Balaban J connectivity index is 1.26. The molecule has 3 aromatic carbocycles. The van der Waals surface area contributed by atoms with Crippen LogP contribution < -0.4 is 20.1 Å². The average Bonchev–Trinajstić information content (AvgIpc) is 2.85. The van der Waals surface area contributed by atoms with Crippen molar-refractivity contribution in [2.45, 2.75) is 13.2 Å². The number of hydrogen-bond acceptors (Lipinski definition) is 5. The molecular formula is C27H22N2O5. The van der Waals surface area contributed by atoms with Crippen molar-refractivity contribution in [1.82, 2.24) is 10.6 Å². The van der Waals surface area contributed by atoms with Crippen molar-refractivity contribution in [3.05, 3.63) is 113 Å². The van der Waals surface area contributed by atoms with Crippen LogP contribution in [0.25, 0.3) is 6.08 Å². The smallest absolute Gasteiger partial charge is 0.328 e. The third-order valence-corrected chi connectivity index (χ3v) is 4.95. The lowest BCUT2D eigenvalue weighted by molar-refractivity contribution is -0.124. The van der Waals surface area contributed by atoms with Gasteiger partial charge in [0.2, 0.25) is 0 Å². The summed E-state index contributed by atoms with van der Waals surface area (Å²) in [4.78, 5) is 34.4. The Morgan fingerprint density at radius 2 is 1.18 bits per heavy atom. The van der Waals surface area contributed by atoms with E-state index >= 15 is 0 Å². The normalized spacial score (nSPS) is 13.4. The van der Waals surface area contributed by atoms with Crippen molar-refractivity contribution in [2.24, 2.45) is 0 Å². The summed E-state index contributed by atoms with van der Waals surface area (Å²) in [7, 11) is 0. The summed E-state index contributed by atoms with van der Waals surface area (Å²) in [5, 5.41) is 4.05. The lowest BCUT2D eigenvalue weighted by Gasteiger charge is -2.13. The molecule has 1 aliphatic rings. The first-order chi connectivity index (χ1) is 16.6. The quantitative estimate of drug-likeness (QED) is 0.394. The number of ether oxygens (including phenoxy) is 2. The van der Waals surface area contributed by atoms with Crippen LogP contribution in [-0.4, -0.2) is 17.8 Å². The molecule has 0 unspecified atom stereocenters. The van der Waals surface area contributed by atoms with Gasteiger partial charge in [0, 0.05) is 0 Å². The molecule has 0 aromatic heterocycles. The van der Waals surface area contributed by atoms with Crippen LogP contribution in [-0.2, 0) is 22.8 Å². The number of nitrogens with one attached hydrogen (secondary N) is 2. The number of benzene rings is 3. The van der Waals surface area contributed by atoms with Crippen LogP contribution in [0.15, 0.2) is 96.6 Å². The fourth-order valence-corrected chi connectivity index (χ4v) is 3.15. The summed E-state index contributed by atoms with van der Waals surface area (Å²) in [5.41, 5.74) is 2.86. The highest BCUT2D eigenvalue weighted by molar-refractivity contribution is 6.29. The van der Waals surface area contributed by atoms with Gasteiger partial charge in [0.15, 0.2) is 0 Å². The molecule has 3 aromatic rings. The number of carbonyl (C=O) groups excluding carboxylic acids is 3. The second kappa shape index (κ2) is 10.8. The van der Waals surface area contributed by atoms with Crippen LogP contribution in [0.4, 0.5) is 4.79 Å². The Morgan fingerprint density at radius 1 is 0.647 bits per heavy atom. The molecule has 0 spiro atoms. The molecule has 1 aliphatic heterocycles. The van der Waals surface area contributed by atoms with Gasteiger partial charge in [-0.3, -0.25) is 20.2 Å². The van der Waals surface area contributed by atoms with Gasteiger partial charge in [0.05, 0.1) is 0 Å². The largest absolute Gasteiger partial charge is 0.489 e. The maximum Gasteiger partial charge on any atom is 0.328 e. The summed E-state index contributed by atoms with van der Waals surface area (Å²) in [6.45, 7) is 0.942. The molecule has 4 amide bonds. The van der Waals surface area contributed by atoms with Crippen molar-refractivity contribution in [3.63, 3.8) is 0 Å². The van der Waals surface area contributed by atoms with Crippen LogP contribution in [0.1, 0.15) is 16.7 Å².